The number of aliphatic hydroxyl groups excluding tert-OH is 1. The average molecular weight is 248 g/mol. The maximum Gasteiger partial charge on any atom is 0.245 e. The van der Waals surface area contributed by atoms with Crippen LogP contribution in [-0.4, -0.2) is 40.5 Å². The van der Waals surface area contributed by atoms with Crippen molar-refractivity contribution >= 4 is 11.8 Å². The Morgan fingerprint density at radius 2 is 1.94 bits per heavy atom. The monoisotopic (exact) mass is 248 g/mol. The highest BCUT2D eigenvalue weighted by atomic mass is 16.3. The van der Waals surface area contributed by atoms with E-state index in [9.17, 15) is 14.7 Å². The molecule has 1 aliphatic rings. The molecule has 5 heteroatoms. The van der Waals surface area contributed by atoms with Gasteiger partial charge in [-0.05, 0) is 12.5 Å². The first-order valence-electron chi connectivity index (χ1n) is 5.89. The highest BCUT2D eigenvalue weighted by Gasteiger charge is 2.37. The minimum atomic E-state index is -0.797. The number of carbonyl (C=O) groups is 2. The van der Waals surface area contributed by atoms with E-state index in [0.29, 0.717) is 6.54 Å². The van der Waals surface area contributed by atoms with Gasteiger partial charge in [-0.25, -0.2) is 0 Å². The van der Waals surface area contributed by atoms with Gasteiger partial charge in [0, 0.05) is 6.54 Å². The van der Waals surface area contributed by atoms with E-state index in [0.717, 1.165) is 5.56 Å². The molecule has 5 nitrogen and oxygen atoms in total. The zero-order chi connectivity index (χ0) is 13.1. The lowest BCUT2D eigenvalue weighted by Gasteiger charge is -2.37. The highest BCUT2D eigenvalue weighted by Crippen LogP contribution is 2.14. The van der Waals surface area contributed by atoms with Gasteiger partial charge in [-0.15, -0.1) is 0 Å². The minimum absolute atomic E-state index is 0.169. The molecule has 0 aliphatic carbocycles. The van der Waals surface area contributed by atoms with Crippen molar-refractivity contribution in [1.29, 1.82) is 0 Å². The van der Waals surface area contributed by atoms with E-state index < -0.39 is 12.1 Å². The number of amides is 2. The van der Waals surface area contributed by atoms with Gasteiger partial charge in [0.15, 0.2) is 0 Å². The van der Waals surface area contributed by atoms with Crippen LogP contribution in [0.15, 0.2) is 30.3 Å². The number of benzene rings is 1. The number of nitrogens with zero attached hydrogens (tertiary/aromatic N) is 1. The molecule has 1 aliphatic heterocycles. The minimum Gasteiger partial charge on any atom is -0.394 e. The van der Waals surface area contributed by atoms with Crippen molar-refractivity contribution in [3.63, 3.8) is 0 Å². The molecule has 0 radical (unpaired) electrons. The summed E-state index contributed by atoms with van der Waals surface area (Å²) in [5.74, 6) is -0.474. The third-order valence-electron chi connectivity index (χ3n) is 3.06. The van der Waals surface area contributed by atoms with Crippen molar-refractivity contribution in [3.05, 3.63) is 35.9 Å². The van der Waals surface area contributed by atoms with Gasteiger partial charge in [0.05, 0.1) is 6.61 Å². The van der Waals surface area contributed by atoms with E-state index >= 15 is 0 Å². The molecule has 0 spiro atoms. The largest absolute Gasteiger partial charge is 0.394 e. The van der Waals surface area contributed by atoms with Gasteiger partial charge in [0.1, 0.15) is 12.1 Å². The first kappa shape index (κ1) is 12.6. The molecule has 2 atom stereocenters. The molecule has 1 aromatic carbocycles. The third kappa shape index (κ3) is 2.36. The summed E-state index contributed by atoms with van der Waals surface area (Å²) in [5, 5.41) is 11.8. The fourth-order valence-electron chi connectivity index (χ4n) is 2.06. The Hall–Kier alpha value is -1.88. The molecule has 18 heavy (non-hydrogen) atoms. The molecule has 0 saturated carbocycles. The summed E-state index contributed by atoms with van der Waals surface area (Å²) >= 11 is 0. The fraction of sp³-hybridized carbons (Fsp3) is 0.385. The Morgan fingerprint density at radius 1 is 1.28 bits per heavy atom. The Balaban J connectivity index is 2.21. The number of piperazine rings is 1. The Morgan fingerprint density at radius 3 is 2.56 bits per heavy atom. The van der Waals surface area contributed by atoms with Crippen LogP contribution in [0, 0.1) is 0 Å². The predicted octanol–water partition coefficient (Wildman–Crippen LogP) is -0.106. The van der Waals surface area contributed by atoms with E-state index in [1.165, 1.54) is 4.90 Å². The molecule has 96 valence electrons. The van der Waals surface area contributed by atoms with Crippen molar-refractivity contribution in [2.75, 3.05) is 6.61 Å². The Bertz CT molecular complexity index is 447. The Kier molecular flexibility index (Phi) is 3.62. The number of hydrogen-bond acceptors (Lipinski definition) is 3. The van der Waals surface area contributed by atoms with Crippen LogP contribution < -0.4 is 5.32 Å². The van der Waals surface area contributed by atoms with Crippen LogP contribution in [0.3, 0.4) is 0 Å². The maximum atomic E-state index is 12.0. The number of nitrogens with one attached hydrogen (secondary N) is 1. The van der Waals surface area contributed by atoms with Crippen molar-refractivity contribution in [3.8, 4) is 0 Å². The number of aliphatic hydroxyl groups is 1. The standard InChI is InChI=1S/C13H16N2O3/c1-9-13(18)15(11(8-16)12(17)14-9)7-10-5-3-2-4-6-10/h2-6,9,11,16H,7-8H2,1H3,(H,14,17)/t9-,11-/m1/s1. The van der Waals surface area contributed by atoms with Gasteiger partial charge in [-0.1, -0.05) is 30.3 Å². The second-order valence-corrected chi connectivity index (χ2v) is 4.38. The first-order valence-corrected chi connectivity index (χ1v) is 5.89. The second-order valence-electron chi connectivity index (χ2n) is 4.38. The molecule has 2 N–H and O–H groups in total. The molecule has 1 fully saturated rings. The van der Waals surface area contributed by atoms with Crippen LogP contribution in [0.4, 0.5) is 0 Å². The average Bonchev–Trinajstić information content (AvgIpc) is 2.37. The molecule has 2 amide bonds. The van der Waals surface area contributed by atoms with Crippen molar-refractivity contribution in [2.24, 2.45) is 0 Å². The lowest BCUT2D eigenvalue weighted by molar-refractivity contribution is -0.151. The summed E-state index contributed by atoms with van der Waals surface area (Å²) in [6.45, 7) is 1.62. The lowest BCUT2D eigenvalue weighted by atomic mass is 10.1. The van der Waals surface area contributed by atoms with E-state index in [-0.39, 0.29) is 18.4 Å². The molecular weight excluding hydrogens is 232 g/mol. The summed E-state index contributed by atoms with van der Waals surface area (Å²) in [4.78, 5) is 25.2. The first-order chi connectivity index (χ1) is 8.63. The van der Waals surface area contributed by atoms with Crippen LogP contribution in [0.25, 0.3) is 0 Å². The predicted molar refractivity (Wildman–Crippen MR) is 65.5 cm³/mol. The van der Waals surface area contributed by atoms with Crippen LogP contribution in [0.2, 0.25) is 0 Å². The molecule has 0 unspecified atom stereocenters. The van der Waals surface area contributed by atoms with Gasteiger partial charge in [-0.3, -0.25) is 9.59 Å². The van der Waals surface area contributed by atoms with Gasteiger partial charge < -0.3 is 15.3 Å². The highest BCUT2D eigenvalue weighted by molar-refractivity contribution is 5.96. The van der Waals surface area contributed by atoms with Crippen LogP contribution in [0.1, 0.15) is 12.5 Å². The normalized spacial score (nSPS) is 24.0. The summed E-state index contributed by atoms with van der Waals surface area (Å²) in [7, 11) is 0. The van der Waals surface area contributed by atoms with Gasteiger partial charge in [0.25, 0.3) is 0 Å². The van der Waals surface area contributed by atoms with Crippen LogP contribution in [-0.2, 0) is 16.1 Å². The number of carbonyl (C=O) groups excluding carboxylic acids is 2. The summed E-state index contributed by atoms with van der Waals surface area (Å²) in [6, 6.07) is 8.08. The third-order valence-corrected chi connectivity index (χ3v) is 3.06. The fourth-order valence-corrected chi connectivity index (χ4v) is 2.06. The quantitative estimate of drug-likeness (QED) is 0.784. The van der Waals surface area contributed by atoms with E-state index in [4.69, 9.17) is 0 Å². The Labute approximate surface area is 105 Å². The zero-order valence-electron chi connectivity index (χ0n) is 10.2. The molecular formula is C13H16N2O3. The lowest BCUT2D eigenvalue weighted by Crippen LogP contribution is -2.63. The smallest absolute Gasteiger partial charge is 0.245 e. The SMILES string of the molecule is C[C@H]1NC(=O)[C@@H](CO)N(Cc2ccccc2)C1=O. The number of hydrogen-bond donors (Lipinski definition) is 2. The maximum absolute atomic E-state index is 12.0. The molecule has 2 rings (SSSR count). The molecule has 1 saturated heterocycles. The summed E-state index contributed by atoms with van der Waals surface area (Å²) < 4.78 is 0. The van der Waals surface area contributed by atoms with E-state index in [1.54, 1.807) is 6.92 Å². The molecule has 1 heterocycles. The van der Waals surface area contributed by atoms with E-state index in [2.05, 4.69) is 5.32 Å². The summed E-state index contributed by atoms with van der Waals surface area (Å²) in [5.41, 5.74) is 0.936. The van der Waals surface area contributed by atoms with Gasteiger partial charge in [0.2, 0.25) is 11.8 Å². The summed E-state index contributed by atoms with van der Waals surface area (Å²) in [6.07, 6.45) is 0. The second kappa shape index (κ2) is 5.18. The van der Waals surface area contributed by atoms with Crippen LogP contribution in [0.5, 0.6) is 0 Å². The molecule has 1 aromatic rings. The topological polar surface area (TPSA) is 69.6 Å². The van der Waals surface area contributed by atoms with Crippen LogP contribution >= 0.6 is 0 Å². The van der Waals surface area contributed by atoms with Crippen molar-refractivity contribution < 1.29 is 14.7 Å². The molecule has 0 aromatic heterocycles. The van der Waals surface area contributed by atoms with Gasteiger partial charge >= 0.3 is 0 Å². The van der Waals surface area contributed by atoms with Crippen molar-refractivity contribution in [1.82, 2.24) is 10.2 Å². The number of rotatable bonds is 3. The zero-order valence-corrected chi connectivity index (χ0v) is 10.2. The van der Waals surface area contributed by atoms with E-state index in [1.807, 2.05) is 30.3 Å². The molecule has 0 bridgehead atoms. The van der Waals surface area contributed by atoms with Crippen molar-refractivity contribution in [2.45, 2.75) is 25.6 Å². The van der Waals surface area contributed by atoms with Gasteiger partial charge in [-0.2, -0.15) is 0 Å².